The molecule has 8 heteroatoms. The SMILES string of the molecule is COc1ccc2nc(Cl)c(/C=C(\C#N)c3nc(-c4cc5c(ccc6ccccc65)oc4=O)cs3)cc2c1. The summed E-state index contributed by atoms with van der Waals surface area (Å²) < 4.78 is 10.9. The van der Waals surface area contributed by atoms with E-state index >= 15 is 0 Å². The second-order valence-corrected chi connectivity index (χ2v) is 9.50. The molecule has 0 fully saturated rings. The maximum atomic E-state index is 12.8. The lowest BCUT2D eigenvalue weighted by Crippen LogP contribution is -2.03. The lowest BCUT2D eigenvalue weighted by Gasteiger charge is -2.05. The lowest BCUT2D eigenvalue weighted by atomic mass is 10.0. The van der Waals surface area contributed by atoms with E-state index in [1.54, 1.807) is 30.7 Å². The minimum Gasteiger partial charge on any atom is -0.497 e. The molecule has 6 rings (SSSR count). The molecule has 0 amide bonds. The molecule has 0 saturated carbocycles. The molecule has 178 valence electrons. The van der Waals surface area contributed by atoms with Crippen LogP contribution in [0.4, 0.5) is 0 Å². The number of hydrogen-bond donors (Lipinski definition) is 0. The number of aromatic nitrogens is 2. The highest BCUT2D eigenvalue weighted by molar-refractivity contribution is 7.11. The fourth-order valence-electron chi connectivity index (χ4n) is 4.24. The Kier molecular flexibility index (Phi) is 5.68. The summed E-state index contributed by atoms with van der Waals surface area (Å²) in [5, 5.41) is 16.0. The fraction of sp³-hybridized carbons (Fsp3) is 0.0345. The first-order chi connectivity index (χ1) is 18.0. The molecular formula is C29H16ClN3O3S. The number of benzene rings is 3. The third-order valence-corrected chi connectivity index (χ3v) is 7.25. The first kappa shape index (κ1) is 22.9. The van der Waals surface area contributed by atoms with E-state index in [4.69, 9.17) is 20.8 Å². The van der Waals surface area contributed by atoms with Crippen molar-refractivity contribution in [2.24, 2.45) is 0 Å². The van der Waals surface area contributed by atoms with Gasteiger partial charge < -0.3 is 9.15 Å². The van der Waals surface area contributed by atoms with E-state index in [1.807, 2.05) is 54.6 Å². The smallest absolute Gasteiger partial charge is 0.345 e. The summed E-state index contributed by atoms with van der Waals surface area (Å²) in [5.41, 5.74) is 2.39. The number of nitrogens with zero attached hydrogens (tertiary/aromatic N) is 3. The maximum absolute atomic E-state index is 12.8. The molecule has 0 unspecified atom stereocenters. The molecule has 6 aromatic rings. The van der Waals surface area contributed by atoms with Crippen LogP contribution >= 0.6 is 22.9 Å². The Bertz CT molecular complexity index is 1990. The molecule has 0 N–H and O–H groups in total. The number of nitriles is 1. The summed E-state index contributed by atoms with van der Waals surface area (Å²) >= 11 is 7.69. The number of thiazole rings is 1. The molecular weight excluding hydrogens is 506 g/mol. The van der Waals surface area contributed by atoms with E-state index in [1.165, 1.54) is 11.3 Å². The van der Waals surface area contributed by atoms with Gasteiger partial charge in [0.2, 0.25) is 0 Å². The van der Waals surface area contributed by atoms with Crippen LogP contribution < -0.4 is 10.4 Å². The Hall–Kier alpha value is -4.51. The van der Waals surface area contributed by atoms with Gasteiger partial charge in [0.1, 0.15) is 27.6 Å². The van der Waals surface area contributed by atoms with Gasteiger partial charge in [-0.25, -0.2) is 14.8 Å². The van der Waals surface area contributed by atoms with E-state index < -0.39 is 5.63 Å². The second-order valence-electron chi connectivity index (χ2n) is 8.28. The number of allylic oxidation sites excluding steroid dienone is 1. The zero-order valence-electron chi connectivity index (χ0n) is 19.4. The van der Waals surface area contributed by atoms with Gasteiger partial charge in [0.05, 0.1) is 29.5 Å². The van der Waals surface area contributed by atoms with E-state index in [0.29, 0.717) is 44.3 Å². The van der Waals surface area contributed by atoms with Crippen molar-refractivity contribution in [1.29, 1.82) is 5.26 Å². The number of hydrogen-bond acceptors (Lipinski definition) is 7. The van der Waals surface area contributed by atoms with Crippen molar-refractivity contribution in [3.05, 3.63) is 98.3 Å². The zero-order valence-corrected chi connectivity index (χ0v) is 20.9. The Morgan fingerprint density at radius 2 is 1.92 bits per heavy atom. The highest BCUT2D eigenvalue weighted by Crippen LogP contribution is 2.32. The number of rotatable bonds is 4. The normalized spacial score (nSPS) is 11.8. The molecule has 0 aliphatic heterocycles. The van der Waals surface area contributed by atoms with Gasteiger partial charge in [0.25, 0.3) is 0 Å². The molecule has 0 spiro atoms. The average molecular weight is 522 g/mol. The van der Waals surface area contributed by atoms with Crippen LogP contribution in [0.1, 0.15) is 10.6 Å². The van der Waals surface area contributed by atoms with Crippen LogP contribution in [0, 0.1) is 11.3 Å². The van der Waals surface area contributed by atoms with Crippen LogP contribution in [0.25, 0.3) is 55.6 Å². The van der Waals surface area contributed by atoms with Crippen molar-refractivity contribution >= 4 is 67.2 Å². The number of halogens is 1. The van der Waals surface area contributed by atoms with Crippen molar-refractivity contribution in [3.8, 4) is 23.1 Å². The molecule has 0 aliphatic carbocycles. The summed E-state index contributed by atoms with van der Waals surface area (Å²) in [6.07, 6.45) is 1.65. The molecule has 6 nitrogen and oxygen atoms in total. The molecule has 37 heavy (non-hydrogen) atoms. The first-order valence-electron chi connectivity index (χ1n) is 11.2. The molecule has 3 aromatic carbocycles. The van der Waals surface area contributed by atoms with Crippen LogP contribution in [0.15, 0.2) is 81.3 Å². The first-order valence-corrected chi connectivity index (χ1v) is 12.5. The molecule has 3 heterocycles. The van der Waals surface area contributed by atoms with Crippen molar-refractivity contribution in [2.45, 2.75) is 0 Å². The van der Waals surface area contributed by atoms with Crippen molar-refractivity contribution in [2.75, 3.05) is 7.11 Å². The topological polar surface area (TPSA) is 89.0 Å². The molecule has 0 saturated heterocycles. The van der Waals surface area contributed by atoms with Gasteiger partial charge in [-0.2, -0.15) is 5.26 Å². The molecule has 0 bridgehead atoms. The van der Waals surface area contributed by atoms with Crippen LogP contribution in [0.5, 0.6) is 5.75 Å². The van der Waals surface area contributed by atoms with E-state index in [-0.39, 0.29) is 5.15 Å². The third kappa shape index (κ3) is 4.12. The fourth-order valence-corrected chi connectivity index (χ4v) is 5.23. The van der Waals surface area contributed by atoms with Gasteiger partial charge in [-0.05, 0) is 53.2 Å². The predicted octanol–water partition coefficient (Wildman–Crippen LogP) is 7.34. The van der Waals surface area contributed by atoms with Crippen LogP contribution in [-0.4, -0.2) is 17.1 Å². The standard InChI is InChI=1S/C29H16ClN3O3S/c1-35-20-7-8-24-17(12-20)10-18(27(30)32-24)11-19(14-31)28-33-25(15-37-28)23-13-22-21-5-3-2-4-16(21)6-9-26(22)36-29(23)34/h2-13,15H,1H3/b19-11+. The van der Waals surface area contributed by atoms with Gasteiger partial charge in [0.15, 0.2) is 0 Å². The Morgan fingerprint density at radius 1 is 1.05 bits per heavy atom. The summed E-state index contributed by atoms with van der Waals surface area (Å²) in [6.45, 7) is 0. The van der Waals surface area contributed by atoms with Gasteiger partial charge in [-0.1, -0.05) is 41.9 Å². The quantitative estimate of drug-likeness (QED) is 0.104. The molecule has 0 aliphatic rings. The second kappa shape index (κ2) is 9.17. The average Bonchev–Trinajstić information content (AvgIpc) is 3.41. The van der Waals surface area contributed by atoms with Crippen molar-refractivity contribution in [1.82, 2.24) is 9.97 Å². The Labute approximate surface area is 219 Å². The summed E-state index contributed by atoms with van der Waals surface area (Å²) in [6, 6.07) is 23.0. The number of fused-ring (bicyclic) bond motifs is 4. The van der Waals surface area contributed by atoms with Gasteiger partial charge >= 0.3 is 5.63 Å². The Balaban J connectivity index is 1.43. The summed E-state index contributed by atoms with van der Waals surface area (Å²) in [4.78, 5) is 21.8. The van der Waals surface area contributed by atoms with Gasteiger partial charge in [-0.15, -0.1) is 11.3 Å². The van der Waals surface area contributed by atoms with Crippen molar-refractivity contribution in [3.63, 3.8) is 0 Å². The van der Waals surface area contributed by atoms with E-state index in [0.717, 1.165) is 21.5 Å². The van der Waals surface area contributed by atoms with Crippen molar-refractivity contribution < 1.29 is 9.15 Å². The number of ether oxygens (including phenoxy) is 1. The monoisotopic (exact) mass is 521 g/mol. The summed E-state index contributed by atoms with van der Waals surface area (Å²) in [7, 11) is 1.60. The predicted molar refractivity (Wildman–Crippen MR) is 148 cm³/mol. The Morgan fingerprint density at radius 3 is 2.76 bits per heavy atom. The van der Waals surface area contributed by atoms with E-state index in [2.05, 4.69) is 16.0 Å². The van der Waals surface area contributed by atoms with Gasteiger partial charge in [0, 0.05) is 21.7 Å². The van der Waals surface area contributed by atoms with Gasteiger partial charge in [-0.3, -0.25) is 0 Å². The third-order valence-electron chi connectivity index (χ3n) is 6.08. The maximum Gasteiger partial charge on any atom is 0.345 e. The number of pyridine rings is 1. The lowest BCUT2D eigenvalue weighted by molar-refractivity contribution is 0.415. The molecule has 0 radical (unpaired) electrons. The number of methoxy groups -OCH3 is 1. The molecule has 0 atom stereocenters. The minimum absolute atomic E-state index is 0.268. The highest BCUT2D eigenvalue weighted by atomic mass is 35.5. The largest absolute Gasteiger partial charge is 0.497 e. The minimum atomic E-state index is -0.488. The summed E-state index contributed by atoms with van der Waals surface area (Å²) in [5.74, 6) is 0.693. The molecule has 3 aromatic heterocycles. The highest BCUT2D eigenvalue weighted by Gasteiger charge is 2.16. The van der Waals surface area contributed by atoms with Crippen LogP contribution in [0.2, 0.25) is 5.15 Å². The van der Waals surface area contributed by atoms with Crippen LogP contribution in [-0.2, 0) is 0 Å². The zero-order chi connectivity index (χ0) is 25.5. The van der Waals surface area contributed by atoms with E-state index in [9.17, 15) is 10.1 Å². The van der Waals surface area contributed by atoms with Crippen LogP contribution in [0.3, 0.4) is 0 Å².